The molecule has 3 rings (SSSR count). The number of hydrogen-bond donors (Lipinski definition) is 1. The summed E-state index contributed by atoms with van der Waals surface area (Å²) < 4.78 is 21.8. The first kappa shape index (κ1) is 12.1. The highest BCUT2D eigenvalue weighted by molar-refractivity contribution is 9.10. The summed E-state index contributed by atoms with van der Waals surface area (Å²) in [4.78, 5) is 3.09. The molecule has 1 aliphatic heterocycles. The number of aromatic amines is 1. The van der Waals surface area contributed by atoms with Crippen LogP contribution in [0.4, 0.5) is 4.39 Å². The molecule has 96 valence electrons. The number of benzene rings is 1. The molecule has 2 heterocycles. The Labute approximate surface area is 116 Å². The molecule has 0 radical (unpaired) electrons. The van der Waals surface area contributed by atoms with Gasteiger partial charge in [0.05, 0.1) is 41.8 Å². The first-order valence-electron chi connectivity index (χ1n) is 5.59. The fourth-order valence-corrected chi connectivity index (χ4v) is 2.79. The summed E-state index contributed by atoms with van der Waals surface area (Å²) in [5.41, 5.74) is 1.57. The van der Waals surface area contributed by atoms with Gasteiger partial charge in [-0.2, -0.15) is 0 Å². The molecule has 1 saturated heterocycles. The van der Waals surface area contributed by atoms with Crippen LogP contribution in [-0.2, 0) is 4.74 Å². The lowest BCUT2D eigenvalue weighted by Crippen LogP contribution is -2.43. The van der Waals surface area contributed by atoms with E-state index in [0.29, 0.717) is 22.5 Å². The molecule has 1 aromatic heterocycles. The van der Waals surface area contributed by atoms with E-state index in [4.69, 9.17) is 17.0 Å². The predicted octanol–water partition coefficient (Wildman–Crippen LogP) is 2.57. The van der Waals surface area contributed by atoms with Crippen molar-refractivity contribution in [2.45, 2.75) is 0 Å². The molecule has 0 saturated carbocycles. The third kappa shape index (κ3) is 1.96. The third-order valence-electron chi connectivity index (χ3n) is 2.97. The first-order valence-corrected chi connectivity index (χ1v) is 6.80. The number of hydrogen-bond acceptors (Lipinski definition) is 3. The second-order valence-corrected chi connectivity index (χ2v) is 5.33. The van der Waals surface area contributed by atoms with Crippen molar-refractivity contribution in [1.29, 1.82) is 0 Å². The number of aromatic nitrogens is 2. The van der Waals surface area contributed by atoms with E-state index in [1.54, 1.807) is 6.07 Å². The van der Waals surface area contributed by atoms with Gasteiger partial charge < -0.3 is 14.7 Å². The average molecular weight is 332 g/mol. The van der Waals surface area contributed by atoms with Crippen molar-refractivity contribution in [2.75, 3.05) is 31.3 Å². The molecule has 0 unspecified atom stereocenters. The highest BCUT2D eigenvalue weighted by Crippen LogP contribution is 2.23. The van der Waals surface area contributed by atoms with Gasteiger partial charge in [0.1, 0.15) is 5.82 Å². The van der Waals surface area contributed by atoms with Gasteiger partial charge in [0, 0.05) is 6.07 Å². The second kappa shape index (κ2) is 4.64. The molecule has 1 aliphatic rings. The minimum absolute atomic E-state index is 0.293. The van der Waals surface area contributed by atoms with Gasteiger partial charge in [-0.3, -0.25) is 0 Å². The maximum absolute atomic E-state index is 13.7. The Morgan fingerprint density at radius 2 is 2.06 bits per heavy atom. The molecule has 0 aliphatic carbocycles. The lowest BCUT2D eigenvalue weighted by molar-refractivity contribution is 0.111. The van der Waals surface area contributed by atoms with Crippen LogP contribution in [0.2, 0.25) is 0 Å². The van der Waals surface area contributed by atoms with E-state index in [9.17, 15) is 4.39 Å². The molecule has 0 atom stereocenters. The molecule has 0 amide bonds. The van der Waals surface area contributed by atoms with E-state index in [-0.39, 0.29) is 5.82 Å². The zero-order valence-corrected chi connectivity index (χ0v) is 11.9. The van der Waals surface area contributed by atoms with Crippen LogP contribution in [0.5, 0.6) is 0 Å². The smallest absolute Gasteiger partial charge is 0.197 e. The Kier molecular flexibility index (Phi) is 3.13. The SMILES string of the molecule is Fc1cc2c(cc1Br)[nH]c(=S)n2N1CCOCC1. The lowest BCUT2D eigenvalue weighted by Gasteiger charge is -2.29. The monoisotopic (exact) mass is 331 g/mol. The largest absolute Gasteiger partial charge is 0.378 e. The van der Waals surface area contributed by atoms with E-state index < -0.39 is 0 Å². The summed E-state index contributed by atoms with van der Waals surface area (Å²) in [7, 11) is 0. The maximum Gasteiger partial charge on any atom is 0.197 e. The number of ether oxygens (including phenoxy) is 1. The Morgan fingerprint density at radius 1 is 1.33 bits per heavy atom. The first-order chi connectivity index (χ1) is 8.66. The maximum atomic E-state index is 13.7. The van der Waals surface area contributed by atoms with Crippen molar-refractivity contribution in [2.24, 2.45) is 0 Å². The number of fused-ring (bicyclic) bond motifs is 1. The number of rotatable bonds is 1. The zero-order valence-electron chi connectivity index (χ0n) is 9.45. The molecule has 18 heavy (non-hydrogen) atoms. The molecular weight excluding hydrogens is 321 g/mol. The highest BCUT2D eigenvalue weighted by atomic mass is 79.9. The molecule has 0 bridgehead atoms. The number of nitrogens with zero attached hydrogens (tertiary/aromatic N) is 2. The molecule has 7 heteroatoms. The Morgan fingerprint density at radius 3 is 2.78 bits per heavy atom. The summed E-state index contributed by atoms with van der Waals surface area (Å²) in [5.74, 6) is -0.293. The summed E-state index contributed by atoms with van der Waals surface area (Å²) >= 11 is 8.48. The molecule has 1 aromatic carbocycles. The predicted molar refractivity (Wildman–Crippen MR) is 73.6 cm³/mol. The number of nitrogens with one attached hydrogen (secondary N) is 1. The van der Waals surface area contributed by atoms with Gasteiger partial charge in [-0.25, -0.2) is 9.07 Å². The van der Waals surface area contributed by atoms with Crippen molar-refractivity contribution in [1.82, 2.24) is 9.66 Å². The fourth-order valence-electron chi connectivity index (χ4n) is 2.12. The van der Waals surface area contributed by atoms with E-state index in [1.165, 1.54) is 6.07 Å². The number of halogens is 2. The van der Waals surface area contributed by atoms with Gasteiger partial charge in [0.25, 0.3) is 0 Å². The standard InChI is InChI=1S/C11H11BrFN3OS/c12-7-5-9-10(6-8(7)13)16(11(18)14-9)15-1-3-17-4-2-15/h5-6H,1-4H2,(H,14,18). The van der Waals surface area contributed by atoms with Crippen LogP contribution in [-0.4, -0.2) is 36.0 Å². The van der Waals surface area contributed by atoms with Crippen LogP contribution in [0.3, 0.4) is 0 Å². The normalized spacial score (nSPS) is 16.4. The van der Waals surface area contributed by atoms with Crippen LogP contribution in [0, 0.1) is 10.6 Å². The van der Waals surface area contributed by atoms with Crippen molar-refractivity contribution in [3.05, 3.63) is 27.2 Å². The number of H-pyrrole nitrogens is 1. The average Bonchev–Trinajstić information content (AvgIpc) is 2.66. The topological polar surface area (TPSA) is 33.2 Å². The van der Waals surface area contributed by atoms with Gasteiger partial charge in [-0.05, 0) is 34.2 Å². The van der Waals surface area contributed by atoms with Gasteiger partial charge in [-0.1, -0.05) is 0 Å². The van der Waals surface area contributed by atoms with Crippen molar-refractivity contribution in [3.8, 4) is 0 Å². The summed E-state index contributed by atoms with van der Waals surface area (Å²) in [6.45, 7) is 2.82. The number of morpholine rings is 1. The third-order valence-corrected chi connectivity index (χ3v) is 3.85. The molecular formula is C11H11BrFN3OS. The summed E-state index contributed by atoms with van der Waals surface area (Å²) in [6, 6.07) is 3.19. The second-order valence-electron chi connectivity index (χ2n) is 4.09. The minimum atomic E-state index is -0.293. The zero-order chi connectivity index (χ0) is 12.7. The van der Waals surface area contributed by atoms with Crippen LogP contribution < -0.4 is 5.01 Å². The highest BCUT2D eigenvalue weighted by Gasteiger charge is 2.16. The molecule has 4 nitrogen and oxygen atoms in total. The minimum Gasteiger partial charge on any atom is -0.378 e. The number of imidazole rings is 1. The van der Waals surface area contributed by atoms with E-state index in [2.05, 4.69) is 25.9 Å². The summed E-state index contributed by atoms with van der Waals surface area (Å²) in [6.07, 6.45) is 0. The van der Waals surface area contributed by atoms with Gasteiger partial charge in [0.15, 0.2) is 4.77 Å². The van der Waals surface area contributed by atoms with Crippen LogP contribution >= 0.6 is 28.1 Å². The van der Waals surface area contributed by atoms with Crippen LogP contribution in [0.15, 0.2) is 16.6 Å². The summed E-state index contributed by atoms with van der Waals surface area (Å²) in [5, 5.41) is 2.07. The van der Waals surface area contributed by atoms with Crippen molar-refractivity contribution in [3.63, 3.8) is 0 Å². The Balaban J connectivity index is 2.18. The molecule has 0 spiro atoms. The van der Waals surface area contributed by atoms with Crippen molar-refractivity contribution >= 4 is 39.2 Å². The Bertz CT molecular complexity index is 648. The lowest BCUT2D eigenvalue weighted by atomic mass is 10.3. The van der Waals surface area contributed by atoms with Crippen LogP contribution in [0.25, 0.3) is 11.0 Å². The van der Waals surface area contributed by atoms with Crippen LogP contribution in [0.1, 0.15) is 0 Å². The van der Waals surface area contributed by atoms with Crippen molar-refractivity contribution < 1.29 is 9.13 Å². The van der Waals surface area contributed by atoms with Gasteiger partial charge >= 0.3 is 0 Å². The molecule has 1 N–H and O–H groups in total. The molecule has 1 fully saturated rings. The quantitative estimate of drug-likeness (QED) is 0.815. The molecule has 2 aromatic rings. The van der Waals surface area contributed by atoms with Gasteiger partial charge in [0.2, 0.25) is 0 Å². The van der Waals surface area contributed by atoms with Gasteiger partial charge in [-0.15, -0.1) is 0 Å². The van der Waals surface area contributed by atoms with E-state index >= 15 is 0 Å². The van der Waals surface area contributed by atoms with E-state index in [0.717, 1.165) is 24.1 Å². The Hall–Kier alpha value is -0.920. The fraction of sp³-hybridized carbons (Fsp3) is 0.364. The van der Waals surface area contributed by atoms with E-state index in [1.807, 2.05) is 4.68 Å².